The molecule has 1 heterocycles. The summed E-state index contributed by atoms with van der Waals surface area (Å²) in [6, 6.07) is 5.32. The van der Waals surface area contributed by atoms with Crippen LogP contribution in [0.3, 0.4) is 0 Å². The second-order valence-electron chi connectivity index (χ2n) is 2.94. The summed E-state index contributed by atoms with van der Waals surface area (Å²) < 4.78 is 13.2. The van der Waals surface area contributed by atoms with Crippen molar-refractivity contribution in [2.45, 2.75) is 12.7 Å². The Morgan fingerprint density at radius 3 is 3.17 bits per heavy atom. The van der Waals surface area contributed by atoms with Gasteiger partial charge in [0.25, 0.3) is 0 Å². The molecule has 0 amide bonds. The van der Waals surface area contributed by atoms with Gasteiger partial charge < -0.3 is 5.32 Å². The van der Waals surface area contributed by atoms with Gasteiger partial charge in [0, 0.05) is 18.1 Å². The molecule has 0 spiro atoms. The monoisotopic (exact) mass is 185 g/mol. The number of halogens is 2. The van der Waals surface area contributed by atoms with Gasteiger partial charge in [-0.2, -0.15) is 0 Å². The molecule has 1 N–H and O–H groups in total. The summed E-state index contributed by atoms with van der Waals surface area (Å²) in [5, 5.41) is 3.66. The molecule has 0 saturated carbocycles. The van der Waals surface area contributed by atoms with Crippen molar-refractivity contribution in [1.29, 1.82) is 0 Å². The molecule has 12 heavy (non-hydrogen) atoms. The Morgan fingerprint density at radius 2 is 2.33 bits per heavy atom. The van der Waals surface area contributed by atoms with Crippen LogP contribution >= 0.6 is 11.6 Å². The zero-order chi connectivity index (χ0) is 8.55. The highest BCUT2D eigenvalue weighted by atomic mass is 35.5. The second-order valence-corrected chi connectivity index (χ2v) is 3.38. The largest absolute Gasteiger partial charge is 0.309 e. The first-order valence-electron chi connectivity index (χ1n) is 3.90. The molecule has 1 aromatic carbocycles. The van der Waals surface area contributed by atoms with E-state index < -0.39 is 6.17 Å². The van der Waals surface area contributed by atoms with E-state index >= 15 is 0 Å². The number of rotatable bonds is 0. The summed E-state index contributed by atoms with van der Waals surface area (Å²) in [6.07, 6.45) is -0.883. The molecule has 1 aliphatic heterocycles. The number of nitrogens with one attached hydrogen (secondary N) is 1. The average Bonchev–Trinajstić information content (AvgIpc) is 2.04. The van der Waals surface area contributed by atoms with Gasteiger partial charge in [0.1, 0.15) is 6.17 Å². The van der Waals surface area contributed by atoms with Crippen LogP contribution in [0.5, 0.6) is 0 Å². The van der Waals surface area contributed by atoms with Crippen LogP contribution < -0.4 is 5.32 Å². The van der Waals surface area contributed by atoms with E-state index in [2.05, 4.69) is 5.32 Å². The summed E-state index contributed by atoms with van der Waals surface area (Å²) in [5.41, 5.74) is 1.75. The Labute approximate surface area is 75.5 Å². The van der Waals surface area contributed by atoms with E-state index in [0.717, 1.165) is 17.7 Å². The molecule has 0 bridgehead atoms. The summed E-state index contributed by atoms with van der Waals surface area (Å²) in [5.74, 6) is 0. The molecular weight excluding hydrogens is 177 g/mol. The molecule has 1 aromatic rings. The van der Waals surface area contributed by atoms with E-state index in [1.807, 2.05) is 6.07 Å². The van der Waals surface area contributed by atoms with Gasteiger partial charge in [-0.1, -0.05) is 17.7 Å². The number of hydrogen-bond donors (Lipinski definition) is 1. The molecule has 1 unspecified atom stereocenters. The van der Waals surface area contributed by atoms with Crippen molar-refractivity contribution in [1.82, 2.24) is 5.32 Å². The van der Waals surface area contributed by atoms with Crippen LogP contribution in [-0.4, -0.2) is 6.54 Å². The second kappa shape index (κ2) is 3.04. The fraction of sp³-hybridized carbons (Fsp3) is 0.333. The third kappa shape index (κ3) is 1.32. The zero-order valence-corrected chi connectivity index (χ0v) is 7.24. The minimum atomic E-state index is -0.883. The minimum absolute atomic E-state index is 0.411. The smallest absolute Gasteiger partial charge is 0.138 e. The van der Waals surface area contributed by atoms with Gasteiger partial charge in [0.15, 0.2) is 0 Å². The predicted molar refractivity (Wildman–Crippen MR) is 47.0 cm³/mol. The van der Waals surface area contributed by atoms with Crippen LogP contribution in [-0.2, 0) is 6.54 Å². The number of alkyl halides is 1. The van der Waals surface area contributed by atoms with Crippen molar-refractivity contribution in [3.63, 3.8) is 0 Å². The molecule has 1 atom stereocenters. The summed E-state index contributed by atoms with van der Waals surface area (Å²) >= 11 is 5.77. The highest BCUT2D eigenvalue weighted by molar-refractivity contribution is 6.30. The summed E-state index contributed by atoms with van der Waals surface area (Å²) in [6.45, 7) is 1.13. The van der Waals surface area contributed by atoms with Gasteiger partial charge in [-0.25, -0.2) is 4.39 Å². The third-order valence-corrected chi connectivity index (χ3v) is 2.32. The Bertz CT molecular complexity index is 301. The van der Waals surface area contributed by atoms with Gasteiger partial charge >= 0.3 is 0 Å². The standard InChI is InChI=1S/C9H9ClFN/c10-7-1-2-8-6(3-7)4-12-5-9(8)11/h1-3,9,12H,4-5H2. The van der Waals surface area contributed by atoms with Crippen LogP contribution in [0.4, 0.5) is 4.39 Å². The van der Waals surface area contributed by atoms with E-state index in [9.17, 15) is 4.39 Å². The van der Waals surface area contributed by atoms with Crippen molar-refractivity contribution >= 4 is 11.6 Å². The van der Waals surface area contributed by atoms with Crippen molar-refractivity contribution in [2.24, 2.45) is 0 Å². The normalized spacial score (nSPS) is 22.0. The van der Waals surface area contributed by atoms with Crippen LogP contribution in [0.2, 0.25) is 5.02 Å². The minimum Gasteiger partial charge on any atom is -0.309 e. The lowest BCUT2D eigenvalue weighted by Crippen LogP contribution is -2.25. The highest BCUT2D eigenvalue weighted by Crippen LogP contribution is 2.26. The molecule has 1 aliphatic rings. The van der Waals surface area contributed by atoms with Gasteiger partial charge in [0.2, 0.25) is 0 Å². The first kappa shape index (κ1) is 8.02. The fourth-order valence-electron chi connectivity index (χ4n) is 1.48. The quantitative estimate of drug-likeness (QED) is 0.655. The Hall–Kier alpha value is -0.600. The topological polar surface area (TPSA) is 12.0 Å². The van der Waals surface area contributed by atoms with Gasteiger partial charge in [-0.15, -0.1) is 0 Å². The van der Waals surface area contributed by atoms with E-state index in [1.165, 1.54) is 0 Å². The predicted octanol–water partition coefficient (Wildman–Crippen LogP) is 2.45. The molecule has 0 aliphatic carbocycles. The summed E-state index contributed by atoms with van der Waals surface area (Å²) in [7, 11) is 0. The molecule has 1 nitrogen and oxygen atoms in total. The SMILES string of the molecule is FC1CNCc2cc(Cl)ccc21. The van der Waals surface area contributed by atoms with Crippen LogP contribution in [0, 0.1) is 0 Å². The zero-order valence-electron chi connectivity index (χ0n) is 6.48. The first-order valence-corrected chi connectivity index (χ1v) is 4.28. The van der Waals surface area contributed by atoms with Crippen molar-refractivity contribution < 1.29 is 4.39 Å². The lowest BCUT2D eigenvalue weighted by molar-refractivity contribution is 0.310. The van der Waals surface area contributed by atoms with Crippen LogP contribution in [0.25, 0.3) is 0 Å². The molecule has 0 saturated heterocycles. The Morgan fingerprint density at radius 1 is 1.50 bits per heavy atom. The van der Waals surface area contributed by atoms with Crippen molar-refractivity contribution in [3.05, 3.63) is 34.3 Å². The number of hydrogen-bond acceptors (Lipinski definition) is 1. The van der Waals surface area contributed by atoms with E-state index in [1.54, 1.807) is 12.1 Å². The number of benzene rings is 1. The lowest BCUT2D eigenvalue weighted by atomic mass is 10.00. The molecular formula is C9H9ClFN. The van der Waals surface area contributed by atoms with Crippen LogP contribution in [0.15, 0.2) is 18.2 Å². The highest BCUT2D eigenvalue weighted by Gasteiger charge is 2.18. The average molecular weight is 186 g/mol. The Kier molecular flexibility index (Phi) is 2.03. The van der Waals surface area contributed by atoms with Gasteiger partial charge in [-0.05, 0) is 23.3 Å². The summed E-state index contributed by atoms with van der Waals surface area (Å²) in [4.78, 5) is 0. The van der Waals surface area contributed by atoms with Crippen LogP contribution in [0.1, 0.15) is 17.3 Å². The van der Waals surface area contributed by atoms with Gasteiger partial charge in [-0.3, -0.25) is 0 Å². The molecule has 0 radical (unpaired) electrons. The van der Waals surface area contributed by atoms with E-state index in [0.29, 0.717) is 11.6 Å². The molecule has 2 rings (SSSR count). The molecule has 64 valence electrons. The van der Waals surface area contributed by atoms with Crippen molar-refractivity contribution in [3.8, 4) is 0 Å². The maximum Gasteiger partial charge on any atom is 0.138 e. The molecule has 0 fully saturated rings. The van der Waals surface area contributed by atoms with E-state index in [-0.39, 0.29) is 0 Å². The van der Waals surface area contributed by atoms with E-state index in [4.69, 9.17) is 11.6 Å². The molecule has 3 heteroatoms. The number of fused-ring (bicyclic) bond motifs is 1. The molecule has 0 aromatic heterocycles. The maximum atomic E-state index is 13.2. The maximum absolute atomic E-state index is 13.2. The fourth-order valence-corrected chi connectivity index (χ4v) is 1.67. The van der Waals surface area contributed by atoms with Gasteiger partial charge in [0.05, 0.1) is 0 Å². The lowest BCUT2D eigenvalue weighted by Gasteiger charge is -2.20. The first-order chi connectivity index (χ1) is 5.77. The Balaban J connectivity index is 2.46. The van der Waals surface area contributed by atoms with Crippen molar-refractivity contribution in [2.75, 3.05) is 6.54 Å². The third-order valence-electron chi connectivity index (χ3n) is 2.08.